The smallest absolute Gasteiger partial charge is 0.193 e. The van der Waals surface area contributed by atoms with Crippen LogP contribution in [0, 0.1) is 0 Å². The molecule has 0 saturated heterocycles. The zero-order valence-electron chi connectivity index (χ0n) is 16.0. The number of nitrogens with one attached hydrogen (secondary N) is 1. The second-order valence-corrected chi connectivity index (χ2v) is 6.44. The number of ether oxygens (including phenoxy) is 1. The van der Waals surface area contributed by atoms with E-state index < -0.39 is 6.10 Å². The summed E-state index contributed by atoms with van der Waals surface area (Å²) in [5.41, 5.74) is 9.15. The fraction of sp³-hybridized carbons (Fsp3) is 0.381. The molecule has 5 nitrogen and oxygen atoms in total. The van der Waals surface area contributed by atoms with Gasteiger partial charge in [-0.2, -0.15) is 0 Å². The van der Waals surface area contributed by atoms with Crippen molar-refractivity contribution in [2.45, 2.75) is 38.9 Å². The Hall–Kier alpha value is -1.64. The number of nitrogens with two attached hydrogens (primary N) is 1. The van der Waals surface area contributed by atoms with Gasteiger partial charge in [0.05, 0.1) is 25.9 Å². The Morgan fingerprint density at radius 3 is 2.44 bits per heavy atom. The SMILES string of the molecule is CCC(C)c1ccc(NC(N)=NCC(O)COCc2ccccc2)cc1.I. The third kappa shape index (κ3) is 8.73. The van der Waals surface area contributed by atoms with Gasteiger partial charge < -0.3 is 20.9 Å². The van der Waals surface area contributed by atoms with Crippen LogP contribution in [0.1, 0.15) is 37.3 Å². The Kier molecular flexibility index (Phi) is 11.0. The molecule has 0 bridgehead atoms. The van der Waals surface area contributed by atoms with E-state index in [1.807, 2.05) is 42.5 Å². The van der Waals surface area contributed by atoms with Crippen LogP contribution in [-0.2, 0) is 11.3 Å². The van der Waals surface area contributed by atoms with Crippen molar-refractivity contribution in [3.8, 4) is 0 Å². The van der Waals surface area contributed by atoms with Gasteiger partial charge in [-0.1, -0.05) is 56.3 Å². The van der Waals surface area contributed by atoms with E-state index in [0.717, 1.165) is 17.7 Å². The maximum Gasteiger partial charge on any atom is 0.193 e. The quantitative estimate of drug-likeness (QED) is 0.285. The normalized spacial score (nSPS) is 13.5. The molecule has 0 aliphatic carbocycles. The van der Waals surface area contributed by atoms with Gasteiger partial charge in [-0.05, 0) is 35.6 Å². The number of aliphatic hydroxyl groups excluding tert-OH is 1. The molecule has 27 heavy (non-hydrogen) atoms. The zero-order chi connectivity index (χ0) is 18.8. The molecule has 0 heterocycles. The Balaban J connectivity index is 0.00000364. The summed E-state index contributed by atoms with van der Waals surface area (Å²) in [6.45, 7) is 5.27. The van der Waals surface area contributed by atoms with E-state index in [1.54, 1.807) is 0 Å². The van der Waals surface area contributed by atoms with Crippen LogP contribution in [-0.4, -0.2) is 30.3 Å². The van der Waals surface area contributed by atoms with Crippen LogP contribution in [0.5, 0.6) is 0 Å². The number of hydrogen-bond donors (Lipinski definition) is 3. The van der Waals surface area contributed by atoms with Gasteiger partial charge in [0.25, 0.3) is 0 Å². The summed E-state index contributed by atoms with van der Waals surface area (Å²) in [4.78, 5) is 4.17. The largest absolute Gasteiger partial charge is 0.389 e. The van der Waals surface area contributed by atoms with Gasteiger partial charge in [-0.15, -0.1) is 24.0 Å². The summed E-state index contributed by atoms with van der Waals surface area (Å²) < 4.78 is 5.50. The van der Waals surface area contributed by atoms with Gasteiger partial charge in [0.1, 0.15) is 0 Å². The number of benzene rings is 2. The fourth-order valence-corrected chi connectivity index (χ4v) is 2.46. The zero-order valence-corrected chi connectivity index (χ0v) is 18.3. The monoisotopic (exact) mass is 483 g/mol. The van der Waals surface area contributed by atoms with Crippen molar-refractivity contribution in [2.75, 3.05) is 18.5 Å². The summed E-state index contributed by atoms with van der Waals surface area (Å²) in [6.07, 6.45) is 0.424. The molecular formula is C21H30IN3O2. The molecular weight excluding hydrogens is 453 g/mol. The number of rotatable bonds is 9. The van der Waals surface area contributed by atoms with Crippen LogP contribution in [0.3, 0.4) is 0 Å². The highest BCUT2D eigenvalue weighted by Crippen LogP contribution is 2.20. The molecule has 2 aromatic rings. The lowest BCUT2D eigenvalue weighted by Gasteiger charge is -2.12. The minimum Gasteiger partial charge on any atom is -0.389 e. The maximum absolute atomic E-state index is 9.95. The van der Waals surface area contributed by atoms with E-state index in [0.29, 0.717) is 12.5 Å². The minimum atomic E-state index is -0.688. The molecule has 0 aliphatic rings. The van der Waals surface area contributed by atoms with Crippen LogP contribution in [0.4, 0.5) is 5.69 Å². The minimum absolute atomic E-state index is 0. The Morgan fingerprint density at radius 2 is 1.81 bits per heavy atom. The highest BCUT2D eigenvalue weighted by molar-refractivity contribution is 14.0. The molecule has 6 heteroatoms. The Bertz CT molecular complexity index is 678. The number of halogens is 1. The van der Waals surface area contributed by atoms with Gasteiger partial charge in [0.15, 0.2) is 5.96 Å². The van der Waals surface area contributed by atoms with Crippen molar-refractivity contribution < 1.29 is 9.84 Å². The van der Waals surface area contributed by atoms with Gasteiger partial charge in [-0.25, -0.2) is 0 Å². The first-order valence-electron chi connectivity index (χ1n) is 9.05. The van der Waals surface area contributed by atoms with E-state index in [9.17, 15) is 5.11 Å². The van der Waals surface area contributed by atoms with Crippen molar-refractivity contribution >= 4 is 35.6 Å². The summed E-state index contributed by atoms with van der Waals surface area (Å²) in [5.74, 6) is 0.824. The predicted octanol–water partition coefficient (Wildman–Crippen LogP) is 4.12. The molecule has 4 N–H and O–H groups in total. The first kappa shape index (κ1) is 23.4. The van der Waals surface area contributed by atoms with Crippen LogP contribution in [0.25, 0.3) is 0 Å². The van der Waals surface area contributed by atoms with E-state index in [-0.39, 0.29) is 43.1 Å². The summed E-state index contributed by atoms with van der Waals surface area (Å²) in [7, 11) is 0. The van der Waals surface area contributed by atoms with Crippen molar-refractivity contribution in [1.29, 1.82) is 0 Å². The molecule has 2 unspecified atom stereocenters. The van der Waals surface area contributed by atoms with E-state index in [2.05, 4.69) is 36.3 Å². The highest BCUT2D eigenvalue weighted by atomic mass is 127. The third-order valence-electron chi connectivity index (χ3n) is 4.26. The van der Waals surface area contributed by atoms with Crippen LogP contribution in [0.2, 0.25) is 0 Å². The molecule has 0 fully saturated rings. The number of aliphatic imine (C=N–C) groups is 1. The Morgan fingerprint density at radius 1 is 1.15 bits per heavy atom. The predicted molar refractivity (Wildman–Crippen MR) is 123 cm³/mol. The second kappa shape index (κ2) is 12.7. The Labute approximate surface area is 179 Å². The van der Waals surface area contributed by atoms with E-state index in [4.69, 9.17) is 10.5 Å². The molecule has 2 aromatic carbocycles. The molecule has 0 radical (unpaired) electrons. The van der Waals surface area contributed by atoms with E-state index in [1.165, 1.54) is 5.56 Å². The number of aliphatic hydroxyl groups is 1. The van der Waals surface area contributed by atoms with Crippen molar-refractivity contribution in [3.63, 3.8) is 0 Å². The number of anilines is 1. The molecule has 2 atom stereocenters. The molecule has 0 amide bonds. The standard InChI is InChI=1S/C21H29N3O2.HI/c1-3-16(2)18-9-11-19(12-10-18)24-21(22)23-13-20(25)15-26-14-17-7-5-4-6-8-17;/h4-12,16,20,25H,3,13-15H2,1-2H3,(H3,22,23,24);1H. The van der Waals surface area contributed by atoms with Crippen molar-refractivity contribution in [1.82, 2.24) is 0 Å². The molecule has 2 rings (SSSR count). The van der Waals surface area contributed by atoms with Gasteiger partial charge in [0.2, 0.25) is 0 Å². The number of guanidine groups is 1. The van der Waals surface area contributed by atoms with Gasteiger partial charge in [0, 0.05) is 5.69 Å². The van der Waals surface area contributed by atoms with Gasteiger partial charge >= 0.3 is 0 Å². The molecule has 0 spiro atoms. The second-order valence-electron chi connectivity index (χ2n) is 6.44. The van der Waals surface area contributed by atoms with Gasteiger partial charge in [-0.3, -0.25) is 4.99 Å². The van der Waals surface area contributed by atoms with Crippen LogP contribution < -0.4 is 11.1 Å². The topological polar surface area (TPSA) is 79.9 Å². The first-order chi connectivity index (χ1) is 12.6. The number of nitrogens with zero attached hydrogens (tertiary/aromatic N) is 1. The molecule has 0 aromatic heterocycles. The van der Waals surface area contributed by atoms with Crippen LogP contribution >= 0.6 is 24.0 Å². The first-order valence-corrected chi connectivity index (χ1v) is 9.05. The summed E-state index contributed by atoms with van der Waals surface area (Å²) in [6, 6.07) is 18.0. The van der Waals surface area contributed by atoms with Crippen molar-refractivity contribution in [2.24, 2.45) is 10.7 Å². The number of hydrogen-bond acceptors (Lipinski definition) is 3. The highest BCUT2D eigenvalue weighted by Gasteiger charge is 2.05. The van der Waals surface area contributed by atoms with E-state index >= 15 is 0 Å². The third-order valence-corrected chi connectivity index (χ3v) is 4.26. The molecule has 0 saturated carbocycles. The lowest BCUT2D eigenvalue weighted by Crippen LogP contribution is -2.26. The van der Waals surface area contributed by atoms with Crippen molar-refractivity contribution in [3.05, 3.63) is 65.7 Å². The summed E-state index contributed by atoms with van der Waals surface area (Å²) >= 11 is 0. The summed E-state index contributed by atoms with van der Waals surface area (Å²) in [5, 5.41) is 13.0. The average molecular weight is 483 g/mol. The molecule has 0 aliphatic heterocycles. The molecule has 148 valence electrons. The lowest BCUT2D eigenvalue weighted by molar-refractivity contribution is 0.0331. The lowest BCUT2D eigenvalue weighted by atomic mass is 9.99. The fourth-order valence-electron chi connectivity index (χ4n) is 2.46. The van der Waals surface area contributed by atoms with Crippen LogP contribution in [0.15, 0.2) is 59.6 Å². The average Bonchev–Trinajstić information content (AvgIpc) is 2.67. The maximum atomic E-state index is 9.95.